The van der Waals surface area contributed by atoms with Gasteiger partial charge in [0.25, 0.3) is 0 Å². The van der Waals surface area contributed by atoms with Crippen molar-refractivity contribution in [3.05, 3.63) is 78.4 Å². The molecule has 0 amide bonds. The Kier molecular flexibility index (Phi) is 5.76. The first kappa shape index (κ1) is 19.9. The second kappa shape index (κ2) is 8.98. The zero-order valence-electron chi connectivity index (χ0n) is 17.7. The minimum Gasteiger partial charge on any atom is -0.464 e. The SMILES string of the molecule is Fc1ccc2[nH]cc(CCCCN3CCN(c4ccc(-c5ccco5)cc4)CC3)c2c1. The molecular weight excluding hydrogens is 389 g/mol. The quantitative estimate of drug-likeness (QED) is 0.391. The van der Waals surface area contributed by atoms with Crippen LogP contribution < -0.4 is 4.90 Å². The topological polar surface area (TPSA) is 35.4 Å². The van der Waals surface area contributed by atoms with Crippen molar-refractivity contribution in [3.63, 3.8) is 0 Å². The highest BCUT2D eigenvalue weighted by atomic mass is 19.1. The molecule has 5 rings (SSSR count). The number of H-pyrrole nitrogens is 1. The molecule has 4 aromatic rings. The molecule has 2 aromatic carbocycles. The third-order valence-corrected chi connectivity index (χ3v) is 6.31. The lowest BCUT2D eigenvalue weighted by Crippen LogP contribution is -2.46. The second-order valence-corrected chi connectivity index (χ2v) is 8.31. The van der Waals surface area contributed by atoms with Gasteiger partial charge in [0, 0.05) is 54.5 Å². The monoisotopic (exact) mass is 417 g/mol. The minimum absolute atomic E-state index is 0.165. The summed E-state index contributed by atoms with van der Waals surface area (Å²) < 4.78 is 19.0. The molecule has 0 bridgehead atoms. The maximum absolute atomic E-state index is 13.5. The van der Waals surface area contributed by atoms with E-state index in [0.29, 0.717) is 0 Å². The first-order valence-corrected chi connectivity index (χ1v) is 11.1. The highest BCUT2D eigenvalue weighted by Crippen LogP contribution is 2.25. The molecule has 0 atom stereocenters. The first-order chi connectivity index (χ1) is 15.3. The van der Waals surface area contributed by atoms with Crippen molar-refractivity contribution in [2.45, 2.75) is 19.3 Å². The number of nitrogens with one attached hydrogen (secondary N) is 1. The third kappa shape index (κ3) is 4.52. The van der Waals surface area contributed by atoms with Crippen LogP contribution >= 0.6 is 0 Å². The Bertz CT molecular complexity index is 1110. The van der Waals surface area contributed by atoms with Crippen LogP contribution in [0.4, 0.5) is 10.1 Å². The van der Waals surface area contributed by atoms with E-state index in [1.165, 1.54) is 23.7 Å². The van der Waals surface area contributed by atoms with Crippen molar-refractivity contribution in [2.75, 3.05) is 37.6 Å². The van der Waals surface area contributed by atoms with Crippen molar-refractivity contribution in [2.24, 2.45) is 0 Å². The summed E-state index contributed by atoms with van der Waals surface area (Å²) in [5, 5.41) is 1.02. The van der Waals surface area contributed by atoms with Crippen LogP contribution in [-0.2, 0) is 6.42 Å². The fraction of sp³-hybridized carbons (Fsp3) is 0.308. The fourth-order valence-electron chi connectivity index (χ4n) is 4.52. The Labute approximate surface area is 182 Å². The molecule has 0 saturated carbocycles. The molecule has 1 aliphatic rings. The highest BCUT2D eigenvalue weighted by molar-refractivity contribution is 5.83. The number of nitrogens with zero attached hydrogens (tertiary/aromatic N) is 2. The van der Waals surface area contributed by atoms with Gasteiger partial charge in [-0.2, -0.15) is 0 Å². The van der Waals surface area contributed by atoms with Crippen molar-refractivity contribution in [1.82, 2.24) is 9.88 Å². The Hall–Kier alpha value is -3.05. The molecule has 31 heavy (non-hydrogen) atoms. The molecule has 1 saturated heterocycles. The predicted molar refractivity (Wildman–Crippen MR) is 124 cm³/mol. The molecule has 1 aliphatic heterocycles. The van der Waals surface area contributed by atoms with Gasteiger partial charge in [-0.3, -0.25) is 4.90 Å². The summed E-state index contributed by atoms with van der Waals surface area (Å²) >= 11 is 0. The molecular formula is C26H28FN3O. The van der Waals surface area contributed by atoms with Crippen LogP contribution in [0, 0.1) is 5.82 Å². The number of anilines is 1. The summed E-state index contributed by atoms with van der Waals surface area (Å²) in [6, 6.07) is 17.5. The predicted octanol–water partition coefficient (Wildman–Crippen LogP) is 5.71. The molecule has 1 fully saturated rings. The second-order valence-electron chi connectivity index (χ2n) is 8.31. The lowest BCUT2D eigenvalue weighted by molar-refractivity contribution is 0.253. The average molecular weight is 418 g/mol. The number of furan rings is 1. The van der Waals surface area contributed by atoms with Gasteiger partial charge in [-0.25, -0.2) is 4.39 Å². The standard InChI is InChI=1S/C26H28FN3O/c27-22-8-11-25-24(18-22)21(19-28-25)4-1-2-12-29-13-15-30(16-14-29)23-9-6-20(7-10-23)26-5-3-17-31-26/h3,5-11,17-19,28H,1-2,4,12-16H2. The van der Waals surface area contributed by atoms with Gasteiger partial charge in [0.05, 0.1) is 6.26 Å². The number of fused-ring (bicyclic) bond motifs is 1. The molecule has 3 heterocycles. The summed E-state index contributed by atoms with van der Waals surface area (Å²) in [6.07, 6.45) is 7.02. The molecule has 160 valence electrons. The normalized spacial score (nSPS) is 15.1. The van der Waals surface area contributed by atoms with E-state index in [1.807, 2.05) is 24.4 Å². The summed E-state index contributed by atoms with van der Waals surface area (Å²) in [5.41, 5.74) is 4.63. The number of unbranched alkanes of at least 4 members (excludes halogenated alkanes) is 1. The lowest BCUT2D eigenvalue weighted by Gasteiger charge is -2.36. The number of aromatic nitrogens is 1. The summed E-state index contributed by atoms with van der Waals surface area (Å²) in [7, 11) is 0. The van der Waals surface area contributed by atoms with E-state index < -0.39 is 0 Å². The smallest absolute Gasteiger partial charge is 0.133 e. The molecule has 1 N–H and O–H groups in total. The number of rotatable bonds is 7. The fourth-order valence-corrected chi connectivity index (χ4v) is 4.52. The van der Waals surface area contributed by atoms with E-state index in [4.69, 9.17) is 4.42 Å². The maximum atomic E-state index is 13.5. The number of benzene rings is 2. The molecule has 5 heteroatoms. The number of piperazine rings is 1. The highest BCUT2D eigenvalue weighted by Gasteiger charge is 2.17. The number of aryl methyl sites for hydroxylation is 1. The number of hydrogen-bond donors (Lipinski definition) is 1. The average Bonchev–Trinajstić information content (AvgIpc) is 3.48. The first-order valence-electron chi connectivity index (χ1n) is 11.1. The Balaban J connectivity index is 1.07. The Morgan fingerprint density at radius 2 is 1.77 bits per heavy atom. The van der Waals surface area contributed by atoms with Gasteiger partial charge < -0.3 is 14.3 Å². The molecule has 0 aliphatic carbocycles. The molecule has 4 nitrogen and oxygen atoms in total. The zero-order chi connectivity index (χ0) is 21.0. The molecule has 2 aromatic heterocycles. The van der Waals surface area contributed by atoms with Gasteiger partial charge >= 0.3 is 0 Å². The van der Waals surface area contributed by atoms with Crippen LogP contribution in [0.15, 0.2) is 71.5 Å². The summed E-state index contributed by atoms with van der Waals surface area (Å²) in [6.45, 7) is 5.43. The number of hydrogen-bond acceptors (Lipinski definition) is 3. The van der Waals surface area contributed by atoms with Gasteiger partial charge in [0.1, 0.15) is 11.6 Å². The largest absolute Gasteiger partial charge is 0.464 e. The van der Waals surface area contributed by atoms with E-state index in [0.717, 1.165) is 67.8 Å². The van der Waals surface area contributed by atoms with Crippen LogP contribution in [0.1, 0.15) is 18.4 Å². The minimum atomic E-state index is -0.165. The maximum Gasteiger partial charge on any atom is 0.133 e. The molecule has 0 spiro atoms. The number of halogens is 1. The van der Waals surface area contributed by atoms with Crippen LogP contribution in [0.2, 0.25) is 0 Å². The van der Waals surface area contributed by atoms with E-state index >= 15 is 0 Å². The van der Waals surface area contributed by atoms with Crippen LogP contribution in [-0.4, -0.2) is 42.6 Å². The Morgan fingerprint density at radius 3 is 2.55 bits per heavy atom. The summed E-state index contributed by atoms with van der Waals surface area (Å²) in [5.74, 6) is 0.746. The van der Waals surface area contributed by atoms with Gasteiger partial charge in [-0.05, 0) is 86.0 Å². The summed E-state index contributed by atoms with van der Waals surface area (Å²) in [4.78, 5) is 8.27. The molecule has 0 radical (unpaired) electrons. The van der Waals surface area contributed by atoms with Crippen LogP contribution in [0.25, 0.3) is 22.2 Å². The van der Waals surface area contributed by atoms with E-state index in [1.54, 1.807) is 12.3 Å². The van der Waals surface area contributed by atoms with Crippen molar-refractivity contribution in [3.8, 4) is 11.3 Å². The zero-order valence-corrected chi connectivity index (χ0v) is 17.7. The van der Waals surface area contributed by atoms with Gasteiger partial charge in [0.2, 0.25) is 0 Å². The Morgan fingerprint density at radius 1 is 0.935 bits per heavy atom. The third-order valence-electron chi connectivity index (χ3n) is 6.31. The number of aromatic amines is 1. The van der Waals surface area contributed by atoms with Crippen LogP contribution in [0.3, 0.4) is 0 Å². The van der Waals surface area contributed by atoms with Gasteiger partial charge in [-0.15, -0.1) is 0 Å². The molecule has 0 unspecified atom stereocenters. The van der Waals surface area contributed by atoms with Gasteiger partial charge in [0.15, 0.2) is 0 Å². The van der Waals surface area contributed by atoms with Crippen molar-refractivity contribution in [1.29, 1.82) is 0 Å². The van der Waals surface area contributed by atoms with E-state index in [-0.39, 0.29) is 5.82 Å². The lowest BCUT2D eigenvalue weighted by atomic mass is 10.1. The van der Waals surface area contributed by atoms with Crippen molar-refractivity contribution >= 4 is 16.6 Å². The van der Waals surface area contributed by atoms with E-state index in [9.17, 15) is 4.39 Å². The van der Waals surface area contributed by atoms with Crippen LogP contribution in [0.5, 0.6) is 0 Å². The van der Waals surface area contributed by atoms with E-state index in [2.05, 4.69) is 39.0 Å². The van der Waals surface area contributed by atoms with Crippen molar-refractivity contribution < 1.29 is 8.81 Å². The van der Waals surface area contributed by atoms with Gasteiger partial charge in [-0.1, -0.05) is 0 Å².